The molecule has 3 aromatic rings. The number of hydrogen-bond acceptors (Lipinski definition) is 1. The molecule has 126 valence electrons. The van der Waals surface area contributed by atoms with Crippen molar-refractivity contribution >= 4 is 17.0 Å². The Kier molecular flexibility index (Phi) is 3.95. The summed E-state index contributed by atoms with van der Waals surface area (Å²) in [5.41, 5.74) is 6.45. The molecule has 4 rings (SSSR count). The van der Waals surface area contributed by atoms with Crippen LogP contribution < -0.4 is 0 Å². The quantitative estimate of drug-likeness (QED) is 0.513. The molecule has 0 bridgehead atoms. The number of aromatic nitrogens is 1. The fourth-order valence-corrected chi connectivity index (χ4v) is 3.33. The number of benzene rings is 2. The molecule has 1 saturated carbocycles. The molecule has 1 nitrogen and oxygen atoms in total. The van der Waals surface area contributed by atoms with Crippen LogP contribution in [0.5, 0.6) is 0 Å². The van der Waals surface area contributed by atoms with Crippen molar-refractivity contribution in [3.8, 4) is 11.1 Å². The molecule has 0 amide bonds. The van der Waals surface area contributed by atoms with E-state index in [9.17, 15) is 0 Å². The lowest BCUT2D eigenvalue weighted by molar-refractivity contribution is 0.547. The van der Waals surface area contributed by atoms with E-state index in [1.807, 2.05) is 0 Å². The van der Waals surface area contributed by atoms with Gasteiger partial charge >= 0.3 is 0 Å². The summed E-state index contributed by atoms with van der Waals surface area (Å²) in [5, 5.41) is 1.24. The summed E-state index contributed by atoms with van der Waals surface area (Å²) in [6, 6.07) is 19.3. The first-order valence-electron chi connectivity index (χ1n) is 9.20. The van der Waals surface area contributed by atoms with Gasteiger partial charge in [0, 0.05) is 22.4 Å². The van der Waals surface area contributed by atoms with E-state index < -0.39 is 0 Å². The molecular formula is C24H25N. The van der Waals surface area contributed by atoms with Gasteiger partial charge in [-0.05, 0) is 29.9 Å². The highest BCUT2D eigenvalue weighted by Crippen LogP contribution is 2.45. The van der Waals surface area contributed by atoms with Crippen molar-refractivity contribution in [2.75, 3.05) is 0 Å². The van der Waals surface area contributed by atoms with Gasteiger partial charge in [0.2, 0.25) is 0 Å². The van der Waals surface area contributed by atoms with Crippen molar-refractivity contribution in [3.63, 3.8) is 0 Å². The number of nitrogens with zero attached hydrogens (tertiary/aromatic N) is 1. The monoisotopic (exact) mass is 327 g/mol. The van der Waals surface area contributed by atoms with E-state index >= 15 is 0 Å². The lowest BCUT2D eigenvalue weighted by atomic mass is 9.89. The van der Waals surface area contributed by atoms with Gasteiger partial charge in [-0.25, -0.2) is 0 Å². The number of rotatable bonds is 3. The Labute approximate surface area is 150 Å². The predicted molar refractivity (Wildman–Crippen MR) is 108 cm³/mol. The van der Waals surface area contributed by atoms with Crippen LogP contribution in [0, 0.1) is 5.41 Å². The minimum absolute atomic E-state index is 0.153. The van der Waals surface area contributed by atoms with Gasteiger partial charge in [0.05, 0.1) is 11.2 Å². The Bertz CT molecular complexity index is 925. The second-order valence-electron chi connectivity index (χ2n) is 8.14. The van der Waals surface area contributed by atoms with Gasteiger partial charge in [-0.15, -0.1) is 0 Å². The van der Waals surface area contributed by atoms with Gasteiger partial charge in [-0.2, -0.15) is 0 Å². The van der Waals surface area contributed by atoms with Gasteiger partial charge in [-0.3, -0.25) is 4.98 Å². The minimum atomic E-state index is 0.153. The summed E-state index contributed by atoms with van der Waals surface area (Å²) in [6.45, 7) is 6.74. The summed E-state index contributed by atoms with van der Waals surface area (Å²) in [5.74, 6) is 0.617. The van der Waals surface area contributed by atoms with Crippen LogP contribution in [-0.2, 0) is 0 Å². The number of pyridine rings is 1. The fraction of sp³-hybridized carbons (Fsp3) is 0.292. The molecule has 0 spiro atoms. The summed E-state index contributed by atoms with van der Waals surface area (Å²) >= 11 is 0. The highest BCUT2D eigenvalue weighted by atomic mass is 14.7. The first kappa shape index (κ1) is 16.1. The number of para-hydroxylation sites is 1. The topological polar surface area (TPSA) is 12.9 Å². The van der Waals surface area contributed by atoms with E-state index in [0.717, 1.165) is 5.52 Å². The molecule has 1 heteroatoms. The Balaban J connectivity index is 2.05. The van der Waals surface area contributed by atoms with Crippen LogP contribution in [0.1, 0.15) is 50.8 Å². The molecule has 2 aromatic carbocycles. The number of fused-ring (bicyclic) bond motifs is 1. The molecule has 1 heterocycles. The van der Waals surface area contributed by atoms with Crippen LogP contribution in [0.3, 0.4) is 0 Å². The lowest BCUT2D eigenvalue weighted by Crippen LogP contribution is -2.01. The zero-order valence-electron chi connectivity index (χ0n) is 15.3. The third-order valence-corrected chi connectivity index (χ3v) is 4.74. The van der Waals surface area contributed by atoms with E-state index in [0.29, 0.717) is 5.92 Å². The van der Waals surface area contributed by atoms with Crippen LogP contribution in [0.15, 0.2) is 60.7 Å². The Hall–Kier alpha value is -2.41. The van der Waals surface area contributed by atoms with Gasteiger partial charge in [0.1, 0.15) is 0 Å². The largest absolute Gasteiger partial charge is 0.252 e. The average molecular weight is 327 g/mol. The van der Waals surface area contributed by atoms with Crippen molar-refractivity contribution in [1.82, 2.24) is 4.98 Å². The molecule has 1 aliphatic carbocycles. The highest BCUT2D eigenvalue weighted by molar-refractivity contribution is 5.99. The summed E-state index contributed by atoms with van der Waals surface area (Å²) in [6.07, 6.45) is 7.15. The van der Waals surface area contributed by atoms with Crippen LogP contribution in [-0.4, -0.2) is 4.98 Å². The van der Waals surface area contributed by atoms with Gasteiger partial charge in [0.15, 0.2) is 0 Å². The normalized spacial score (nSPS) is 15.2. The molecule has 0 aliphatic heterocycles. The zero-order chi connectivity index (χ0) is 17.4. The van der Waals surface area contributed by atoms with Crippen molar-refractivity contribution in [2.45, 2.75) is 39.5 Å². The summed E-state index contributed by atoms with van der Waals surface area (Å²) in [4.78, 5) is 5.07. The Morgan fingerprint density at radius 2 is 1.60 bits per heavy atom. The first-order valence-corrected chi connectivity index (χ1v) is 9.20. The molecular weight excluding hydrogens is 302 g/mol. The lowest BCUT2D eigenvalue weighted by Gasteiger charge is -2.17. The fourth-order valence-electron chi connectivity index (χ4n) is 3.33. The molecule has 0 atom stereocenters. The molecule has 1 aromatic heterocycles. The molecule has 25 heavy (non-hydrogen) atoms. The zero-order valence-corrected chi connectivity index (χ0v) is 15.3. The van der Waals surface area contributed by atoms with Crippen molar-refractivity contribution in [2.24, 2.45) is 5.41 Å². The Morgan fingerprint density at radius 1 is 0.920 bits per heavy atom. The molecule has 1 fully saturated rings. The maximum Gasteiger partial charge on any atom is 0.0712 e. The van der Waals surface area contributed by atoms with Crippen LogP contribution >= 0.6 is 0 Å². The van der Waals surface area contributed by atoms with E-state index in [-0.39, 0.29) is 5.41 Å². The molecule has 0 radical (unpaired) electrons. The van der Waals surface area contributed by atoms with Gasteiger partial charge in [-0.1, -0.05) is 81.5 Å². The molecule has 0 unspecified atom stereocenters. The average Bonchev–Trinajstić information content (AvgIpc) is 3.44. The predicted octanol–water partition coefficient (Wildman–Crippen LogP) is 6.84. The second-order valence-corrected chi connectivity index (χ2v) is 8.14. The third kappa shape index (κ3) is 3.37. The van der Waals surface area contributed by atoms with Crippen LogP contribution in [0.4, 0.5) is 0 Å². The van der Waals surface area contributed by atoms with E-state index in [2.05, 4.69) is 87.5 Å². The summed E-state index contributed by atoms with van der Waals surface area (Å²) in [7, 11) is 0. The van der Waals surface area contributed by atoms with Crippen LogP contribution in [0.2, 0.25) is 0 Å². The van der Waals surface area contributed by atoms with Crippen molar-refractivity contribution in [1.29, 1.82) is 0 Å². The third-order valence-electron chi connectivity index (χ3n) is 4.74. The molecule has 1 aliphatic rings. The van der Waals surface area contributed by atoms with E-state index in [1.54, 1.807) is 0 Å². The maximum absolute atomic E-state index is 5.07. The first-order chi connectivity index (χ1) is 12.0. The SMILES string of the molecule is CC(C)(C)/C=C/c1c(C2CC2)nc2ccccc2c1-c1ccccc1. The number of hydrogen-bond donors (Lipinski definition) is 0. The van der Waals surface area contributed by atoms with Crippen molar-refractivity contribution in [3.05, 3.63) is 71.9 Å². The van der Waals surface area contributed by atoms with E-state index in [4.69, 9.17) is 4.98 Å². The van der Waals surface area contributed by atoms with E-state index in [1.165, 1.54) is 40.6 Å². The van der Waals surface area contributed by atoms with Crippen molar-refractivity contribution < 1.29 is 0 Å². The second kappa shape index (κ2) is 6.15. The molecule has 0 N–H and O–H groups in total. The Morgan fingerprint density at radius 3 is 2.28 bits per heavy atom. The van der Waals surface area contributed by atoms with Gasteiger partial charge < -0.3 is 0 Å². The summed E-state index contributed by atoms with van der Waals surface area (Å²) < 4.78 is 0. The smallest absolute Gasteiger partial charge is 0.0712 e. The molecule has 0 saturated heterocycles. The van der Waals surface area contributed by atoms with Gasteiger partial charge in [0.25, 0.3) is 0 Å². The standard InChI is InChI=1S/C24H25N/c1-24(2,3)16-15-20-22(17-9-5-4-6-10-17)19-11-7-8-12-21(19)25-23(20)18-13-14-18/h4-12,15-16,18H,13-14H2,1-3H3/b16-15+. The highest BCUT2D eigenvalue weighted by Gasteiger charge is 2.29. The number of allylic oxidation sites excluding steroid dienone is 1. The minimum Gasteiger partial charge on any atom is -0.252 e. The van der Waals surface area contributed by atoms with Crippen LogP contribution in [0.25, 0.3) is 28.1 Å². The maximum atomic E-state index is 5.07.